The molecule has 1 aliphatic heterocycles. The van der Waals surface area contributed by atoms with Crippen molar-refractivity contribution >= 4 is 0 Å². The smallest absolute Gasteiger partial charge is 0.0906 e. The Hall–Kier alpha value is -0.930. The van der Waals surface area contributed by atoms with Gasteiger partial charge in [-0.25, -0.2) is 0 Å². The van der Waals surface area contributed by atoms with E-state index in [9.17, 15) is 4.39 Å². The zero-order valence-electron chi connectivity index (χ0n) is 13.0. The minimum absolute atomic E-state index is 0.0494. The van der Waals surface area contributed by atoms with Crippen LogP contribution in [0.4, 0.5) is 4.39 Å². The van der Waals surface area contributed by atoms with E-state index >= 15 is 0 Å². The van der Waals surface area contributed by atoms with Crippen LogP contribution in [-0.2, 0) is 5.54 Å². The summed E-state index contributed by atoms with van der Waals surface area (Å²) in [6.45, 7) is 9.23. The van der Waals surface area contributed by atoms with Crippen LogP contribution in [-0.4, -0.2) is 36.7 Å². The van der Waals surface area contributed by atoms with Crippen molar-refractivity contribution in [2.45, 2.75) is 44.7 Å². The maximum atomic E-state index is 12.6. The molecule has 0 spiro atoms. The molecule has 2 rings (SSSR count). The predicted octanol–water partition coefficient (Wildman–Crippen LogP) is 3.34. The Morgan fingerprint density at radius 1 is 1.25 bits per heavy atom. The van der Waals surface area contributed by atoms with Gasteiger partial charge in [0.1, 0.15) is 0 Å². The van der Waals surface area contributed by atoms with Crippen molar-refractivity contribution in [3.05, 3.63) is 35.9 Å². The number of hydrogen-bond donors (Lipinski definition) is 1. The van der Waals surface area contributed by atoms with Crippen molar-refractivity contribution in [2.24, 2.45) is 0 Å². The largest absolute Gasteiger partial charge is 0.305 e. The topological polar surface area (TPSA) is 15.3 Å². The van der Waals surface area contributed by atoms with Gasteiger partial charge in [-0.3, -0.25) is 9.29 Å². The molecule has 2 atom stereocenters. The summed E-state index contributed by atoms with van der Waals surface area (Å²) >= 11 is 0. The van der Waals surface area contributed by atoms with Crippen molar-refractivity contribution < 1.29 is 4.39 Å². The van der Waals surface area contributed by atoms with E-state index < -0.39 is 0 Å². The Balaban J connectivity index is 2.19. The average molecular weight is 278 g/mol. The second-order valence-electron chi connectivity index (χ2n) is 6.37. The van der Waals surface area contributed by atoms with Crippen LogP contribution in [0.3, 0.4) is 0 Å². The highest BCUT2D eigenvalue weighted by Gasteiger charge is 2.42. The number of piperazine rings is 1. The monoisotopic (exact) mass is 278 g/mol. The molecule has 0 aliphatic carbocycles. The molecule has 3 heteroatoms. The van der Waals surface area contributed by atoms with Gasteiger partial charge >= 0.3 is 0 Å². The van der Waals surface area contributed by atoms with Gasteiger partial charge in [-0.1, -0.05) is 37.3 Å². The fourth-order valence-electron chi connectivity index (χ4n) is 3.07. The minimum Gasteiger partial charge on any atom is -0.305 e. The highest BCUT2D eigenvalue weighted by molar-refractivity contribution is 5.25. The molecular formula is C17H27FN2. The fraction of sp³-hybridized carbons (Fsp3) is 0.647. The maximum Gasteiger partial charge on any atom is 0.0906 e. The van der Waals surface area contributed by atoms with Crippen molar-refractivity contribution in [2.75, 3.05) is 26.3 Å². The van der Waals surface area contributed by atoms with Crippen molar-refractivity contribution in [3.63, 3.8) is 0 Å². The molecule has 0 radical (unpaired) electrons. The second-order valence-corrected chi connectivity index (χ2v) is 6.37. The first-order chi connectivity index (χ1) is 9.54. The van der Waals surface area contributed by atoms with Crippen LogP contribution < -0.4 is 5.32 Å². The van der Waals surface area contributed by atoms with Gasteiger partial charge in [0.05, 0.1) is 12.2 Å². The molecule has 1 N–H and O–H groups in total. The van der Waals surface area contributed by atoms with Gasteiger partial charge in [0, 0.05) is 25.2 Å². The summed E-state index contributed by atoms with van der Waals surface area (Å²) in [7, 11) is 0. The van der Waals surface area contributed by atoms with Crippen LogP contribution in [0, 0.1) is 0 Å². The Labute approximate surface area is 122 Å². The average Bonchev–Trinajstić information content (AvgIpc) is 2.49. The highest BCUT2D eigenvalue weighted by atomic mass is 19.1. The number of alkyl halides is 1. The molecular weight excluding hydrogens is 251 g/mol. The van der Waals surface area contributed by atoms with Crippen LogP contribution in [0.1, 0.15) is 39.2 Å². The Bertz CT molecular complexity index is 422. The lowest BCUT2D eigenvalue weighted by Gasteiger charge is -2.52. The Kier molecular flexibility index (Phi) is 4.82. The number of halogens is 1. The van der Waals surface area contributed by atoms with E-state index in [0.29, 0.717) is 6.42 Å². The summed E-state index contributed by atoms with van der Waals surface area (Å²) < 4.78 is 12.6. The van der Waals surface area contributed by atoms with Gasteiger partial charge in [0.25, 0.3) is 0 Å². The van der Waals surface area contributed by atoms with Crippen LogP contribution in [0.15, 0.2) is 30.3 Å². The summed E-state index contributed by atoms with van der Waals surface area (Å²) in [5.74, 6) is 0. The highest BCUT2D eigenvalue weighted by Crippen LogP contribution is 2.32. The summed E-state index contributed by atoms with van der Waals surface area (Å²) in [4.78, 5) is 2.47. The van der Waals surface area contributed by atoms with E-state index in [0.717, 1.165) is 26.1 Å². The normalized spacial score (nSPS) is 31.4. The molecule has 1 aromatic carbocycles. The molecule has 1 fully saturated rings. The van der Waals surface area contributed by atoms with E-state index in [2.05, 4.69) is 55.3 Å². The van der Waals surface area contributed by atoms with Crippen molar-refractivity contribution in [1.29, 1.82) is 0 Å². The van der Waals surface area contributed by atoms with Gasteiger partial charge in [-0.05, 0) is 32.3 Å². The third-order valence-electron chi connectivity index (χ3n) is 4.86. The van der Waals surface area contributed by atoms with Crippen LogP contribution in [0.25, 0.3) is 0 Å². The van der Waals surface area contributed by atoms with Gasteiger partial charge in [0.2, 0.25) is 0 Å². The van der Waals surface area contributed by atoms with Gasteiger partial charge in [-0.2, -0.15) is 0 Å². The first-order valence-electron chi connectivity index (χ1n) is 7.66. The standard InChI is InChI=1S/C17H27FN2/c1-4-16(2)13-19-17(3,14-20(16)12-8-11-18)15-9-6-5-7-10-15/h5-7,9-10,19H,4,8,11-14H2,1-3H3. The molecule has 1 saturated heterocycles. The number of nitrogens with one attached hydrogen (secondary N) is 1. The predicted molar refractivity (Wildman–Crippen MR) is 82.7 cm³/mol. The summed E-state index contributed by atoms with van der Waals surface area (Å²) in [6.07, 6.45) is 1.71. The van der Waals surface area contributed by atoms with Crippen LogP contribution >= 0.6 is 0 Å². The van der Waals surface area contributed by atoms with Gasteiger partial charge < -0.3 is 5.32 Å². The first-order valence-corrected chi connectivity index (χ1v) is 7.66. The molecule has 0 bridgehead atoms. The van der Waals surface area contributed by atoms with Gasteiger partial charge in [0.15, 0.2) is 0 Å². The zero-order chi connectivity index (χ0) is 14.6. The molecule has 0 amide bonds. The third-order valence-corrected chi connectivity index (χ3v) is 4.86. The van der Waals surface area contributed by atoms with E-state index in [1.807, 2.05) is 6.07 Å². The lowest BCUT2D eigenvalue weighted by Crippen LogP contribution is -2.66. The molecule has 0 saturated carbocycles. The lowest BCUT2D eigenvalue weighted by molar-refractivity contribution is 0.0149. The molecule has 0 aromatic heterocycles. The Morgan fingerprint density at radius 2 is 1.95 bits per heavy atom. The van der Waals surface area contributed by atoms with E-state index in [1.165, 1.54) is 5.56 Å². The first kappa shape index (κ1) is 15.5. The Morgan fingerprint density at radius 3 is 2.55 bits per heavy atom. The van der Waals surface area contributed by atoms with Crippen LogP contribution in [0.5, 0.6) is 0 Å². The van der Waals surface area contributed by atoms with Crippen molar-refractivity contribution in [3.8, 4) is 0 Å². The third kappa shape index (κ3) is 3.04. The van der Waals surface area contributed by atoms with E-state index in [4.69, 9.17) is 0 Å². The minimum atomic E-state index is -0.230. The molecule has 1 heterocycles. The number of benzene rings is 1. The molecule has 20 heavy (non-hydrogen) atoms. The van der Waals surface area contributed by atoms with E-state index in [-0.39, 0.29) is 17.8 Å². The summed E-state index contributed by atoms with van der Waals surface area (Å²) in [6, 6.07) is 10.6. The van der Waals surface area contributed by atoms with Crippen LogP contribution in [0.2, 0.25) is 0 Å². The fourth-order valence-corrected chi connectivity index (χ4v) is 3.07. The molecule has 2 nitrogen and oxygen atoms in total. The lowest BCUT2D eigenvalue weighted by atomic mass is 9.83. The number of nitrogens with zero attached hydrogens (tertiary/aromatic N) is 1. The number of hydrogen-bond acceptors (Lipinski definition) is 2. The zero-order valence-corrected chi connectivity index (χ0v) is 13.0. The maximum absolute atomic E-state index is 12.6. The van der Waals surface area contributed by atoms with Gasteiger partial charge in [-0.15, -0.1) is 0 Å². The molecule has 2 unspecified atom stereocenters. The van der Waals surface area contributed by atoms with E-state index in [1.54, 1.807) is 0 Å². The molecule has 1 aliphatic rings. The number of rotatable bonds is 5. The van der Waals surface area contributed by atoms with Crippen molar-refractivity contribution in [1.82, 2.24) is 10.2 Å². The second kappa shape index (κ2) is 6.23. The molecule has 112 valence electrons. The summed E-state index contributed by atoms with van der Waals surface area (Å²) in [5, 5.41) is 3.72. The quantitative estimate of drug-likeness (QED) is 0.888. The molecule has 1 aromatic rings. The SMILES string of the molecule is CCC1(C)CNC(C)(c2ccccc2)CN1CCCF. The summed E-state index contributed by atoms with van der Waals surface area (Å²) in [5.41, 5.74) is 1.39.